The number of allylic oxidation sites excluding steroid dienone is 1. The van der Waals surface area contributed by atoms with Crippen molar-refractivity contribution >= 4 is 0 Å². The van der Waals surface area contributed by atoms with Crippen LogP contribution in [0.1, 0.15) is 43.5 Å². The van der Waals surface area contributed by atoms with Gasteiger partial charge in [0.15, 0.2) is 0 Å². The molecule has 0 spiro atoms. The summed E-state index contributed by atoms with van der Waals surface area (Å²) in [6.07, 6.45) is 7.50. The fraction of sp³-hybridized carbons (Fsp3) is 0.643. The number of rotatable bonds is 5. The van der Waals surface area contributed by atoms with E-state index in [2.05, 4.69) is 30.3 Å². The predicted molar refractivity (Wildman–Crippen MR) is 72.2 cm³/mol. The minimum atomic E-state index is 0.152. The molecule has 0 bridgehead atoms. The maximum atomic E-state index is 5.82. The fourth-order valence-corrected chi connectivity index (χ4v) is 2.23. The number of ether oxygens (including phenoxy) is 1. The summed E-state index contributed by atoms with van der Waals surface area (Å²) < 4.78 is 7.73. The minimum Gasteiger partial charge on any atom is -0.496 e. The molecule has 100 valence electrons. The van der Waals surface area contributed by atoms with Crippen LogP contribution in [0.5, 0.6) is 0 Å². The molecule has 1 N–H and O–H groups in total. The Hall–Kier alpha value is -1.29. The summed E-state index contributed by atoms with van der Waals surface area (Å²) in [5, 5.41) is 7.90. The first-order valence-electron chi connectivity index (χ1n) is 6.78. The van der Waals surface area contributed by atoms with Crippen molar-refractivity contribution in [3.8, 4) is 0 Å². The Balaban J connectivity index is 2.24. The number of hydrogen-bond donors (Lipinski definition) is 1. The third-order valence-electron chi connectivity index (χ3n) is 3.43. The van der Waals surface area contributed by atoms with Gasteiger partial charge in [-0.15, -0.1) is 0 Å². The summed E-state index contributed by atoms with van der Waals surface area (Å²) in [7, 11) is 1.98. The molecule has 0 amide bonds. The molecule has 0 saturated carbocycles. The van der Waals surface area contributed by atoms with E-state index < -0.39 is 0 Å². The van der Waals surface area contributed by atoms with Crippen molar-refractivity contribution in [2.45, 2.75) is 39.2 Å². The van der Waals surface area contributed by atoms with Crippen LogP contribution < -0.4 is 5.32 Å². The van der Waals surface area contributed by atoms with Gasteiger partial charge < -0.3 is 10.1 Å². The van der Waals surface area contributed by atoms with E-state index in [0.29, 0.717) is 0 Å². The average Bonchev–Trinajstić information content (AvgIpc) is 2.73. The van der Waals surface area contributed by atoms with Crippen molar-refractivity contribution in [1.29, 1.82) is 0 Å². The van der Waals surface area contributed by atoms with Crippen LogP contribution in [0.3, 0.4) is 0 Å². The van der Waals surface area contributed by atoms with Gasteiger partial charge in [0.2, 0.25) is 0 Å². The van der Waals surface area contributed by atoms with Gasteiger partial charge in [-0.25, -0.2) is 0 Å². The Morgan fingerprint density at radius 3 is 2.94 bits per heavy atom. The number of nitrogens with one attached hydrogen (secondary N) is 1. The lowest BCUT2D eigenvalue weighted by molar-refractivity contribution is 0.167. The third kappa shape index (κ3) is 2.75. The Morgan fingerprint density at radius 2 is 2.39 bits per heavy atom. The number of aryl methyl sites for hydroxylation is 1. The fourth-order valence-electron chi connectivity index (χ4n) is 2.23. The molecule has 0 fully saturated rings. The Morgan fingerprint density at radius 1 is 1.56 bits per heavy atom. The summed E-state index contributed by atoms with van der Waals surface area (Å²) >= 11 is 0. The van der Waals surface area contributed by atoms with E-state index in [0.717, 1.165) is 38.2 Å². The molecular weight excluding hydrogens is 226 g/mol. The molecule has 1 unspecified atom stereocenters. The molecule has 1 aliphatic rings. The summed E-state index contributed by atoms with van der Waals surface area (Å²) in [6, 6.07) is 0.152. The van der Waals surface area contributed by atoms with Crippen LogP contribution in [0, 0.1) is 6.92 Å². The summed E-state index contributed by atoms with van der Waals surface area (Å²) in [6.45, 7) is 6.10. The molecule has 1 aliphatic heterocycles. The van der Waals surface area contributed by atoms with E-state index in [1.54, 1.807) is 0 Å². The molecule has 0 radical (unpaired) electrons. The van der Waals surface area contributed by atoms with E-state index in [1.807, 2.05) is 17.9 Å². The molecule has 1 aromatic heterocycles. The van der Waals surface area contributed by atoms with Gasteiger partial charge in [0.05, 0.1) is 18.8 Å². The highest BCUT2D eigenvalue weighted by atomic mass is 16.5. The van der Waals surface area contributed by atoms with Crippen molar-refractivity contribution < 1.29 is 4.74 Å². The molecule has 0 aliphatic carbocycles. The van der Waals surface area contributed by atoms with Crippen LogP contribution >= 0.6 is 0 Å². The van der Waals surface area contributed by atoms with Crippen LogP contribution in [0.4, 0.5) is 0 Å². The lowest BCUT2D eigenvalue weighted by Crippen LogP contribution is -2.26. The predicted octanol–water partition coefficient (Wildman–Crippen LogP) is 2.46. The molecule has 1 atom stereocenters. The lowest BCUT2D eigenvalue weighted by atomic mass is 10.0. The highest BCUT2D eigenvalue weighted by Crippen LogP contribution is 2.27. The van der Waals surface area contributed by atoms with Crippen molar-refractivity contribution in [3.05, 3.63) is 29.3 Å². The van der Waals surface area contributed by atoms with Gasteiger partial charge in [0, 0.05) is 18.3 Å². The summed E-state index contributed by atoms with van der Waals surface area (Å²) in [5.41, 5.74) is 2.41. The van der Waals surface area contributed by atoms with Gasteiger partial charge in [-0.3, -0.25) is 4.68 Å². The summed E-state index contributed by atoms with van der Waals surface area (Å²) in [4.78, 5) is 0. The van der Waals surface area contributed by atoms with Crippen LogP contribution in [-0.4, -0.2) is 22.9 Å². The van der Waals surface area contributed by atoms with Crippen molar-refractivity contribution in [2.24, 2.45) is 7.05 Å². The van der Waals surface area contributed by atoms with Crippen LogP contribution in [0.2, 0.25) is 0 Å². The maximum absolute atomic E-state index is 5.82. The van der Waals surface area contributed by atoms with E-state index >= 15 is 0 Å². The van der Waals surface area contributed by atoms with E-state index in [-0.39, 0.29) is 6.04 Å². The lowest BCUT2D eigenvalue weighted by Gasteiger charge is -2.24. The topological polar surface area (TPSA) is 39.1 Å². The molecule has 0 aromatic carbocycles. The van der Waals surface area contributed by atoms with Gasteiger partial charge >= 0.3 is 0 Å². The first-order valence-corrected chi connectivity index (χ1v) is 6.78. The average molecular weight is 249 g/mol. The first kappa shape index (κ1) is 13.1. The minimum absolute atomic E-state index is 0.152. The highest BCUT2D eigenvalue weighted by molar-refractivity contribution is 5.28. The van der Waals surface area contributed by atoms with Gasteiger partial charge in [-0.2, -0.15) is 5.10 Å². The number of hydrogen-bond acceptors (Lipinski definition) is 3. The SMILES string of the molecule is CCCNC(C1=CCCCO1)c1cnn(C)c1C. The smallest absolute Gasteiger partial charge is 0.114 e. The van der Waals surface area contributed by atoms with Crippen molar-refractivity contribution in [3.63, 3.8) is 0 Å². The molecule has 2 rings (SSSR count). The highest BCUT2D eigenvalue weighted by Gasteiger charge is 2.22. The van der Waals surface area contributed by atoms with E-state index in [1.165, 1.54) is 11.3 Å². The molecule has 1 aromatic rings. The molecule has 2 heterocycles. The van der Waals surface area contributed by atoms with Gasteiger partial charge in [-0.05, 0) is 38.8 Å². The Bertz CT molecular complexity index is 423. The molecule has 18 heavy (non-hydrogen) atoms. The molecule has 4 nitrogen and oxygen atoms in total. The zero-order chi connectivity index (χ0) is 13.0. The Labute approximate surface area is 109 Å². The van der Waals surface area contributed by atoms with E-state index in [9.17, 15) is 0 Å². The van der Waals surface area contributed by atoms with Crippen LogP contribution in [-0.2, 0) is 11.8 Å². The molecule has 4 heteroatoms. The van der Waals surface area contributed by atoms with Gasteiger partial charge in [0.25, 0.3) is 0 Å². The van der Waals surface area contributed by atoms with Crippen LogP contribution in [0.25, 0.3) is 0 Å². The van der Waals surface area contributed by atoms with Gasteiger partial charge in [-0.1, -0.05) is 6.92 Å². The number of nitrogens with zero attached hydrogens (tertiary/aromatic N) is 2. The largest absolute Gasteiger partial charge is 0.496 e. The van der Waals surface area contributed by atoms with Gasteiger partial charge in [0.1, 0.15) is 5.76 Å². The third-order valence-corrected chi connectivity index (χ3v) is 3.43. The van der Waals surface area contributed by atoms with Crippen molar-refractivity contribution in [2.75, 3.05) is 13.2 Å². The zero-order valence-electron chi connectivity index (χ0n) is 11.6. The number of aromatic nitrogens is 2. The second-order valence-corrected chi connectivity index (χ2v) is 4.79. The second-order valence-electron chi connectivity index (χ2n) is 4.79. The monoisotopic (exact) mass is 249 g/mol. The van der Waals surface area contributed by atoms with E-state index in [4.69, 9.17) is 4.74 Å². The molecule has 0 saturated heterocycles. The van der Waals surface area contributed by atoms with Crippen LogP contribution in [0.15, 0.2) is 18.0 Å². The van der Waals surface area contributed by atoms with Crippen molar-refractivity contribution in [1.82, 2.24) is 15.1 Å². The standard InChI is InChI=1S/C14H23N3O/c1-4-8-15-14(13-7-5-6-9-18-13)12-10-16-17(3)11(12)2/h7,10,14-15H,4-6,8-9H2,1-3H3. The zero-order valence-corrected chi connectivity index (χ0v) is 11.6. The maximum Gasteiger partial charge on any atom is 0.114 e. The Kier molecular flexibility index (Phi) is 4.42. The molecular formula is C14H23N3O. The first-order chi connectivity index (χ1) is 8.74. The quantitative estimate of drug-likeness (QED) is 0.871. The normalized spacial score (nSPS) is 17.2. The summed E-state index contributed by atoms with van der Waals surface area (Å²) in [5.74, 6) is 1.06. The second kappa shape index (κ2) is 6.05.